The summed E-state index contributed by atoms with van der Waals surface area (Å²) in [6, 6.07) is 9.56. The first-order valence-electron chi connectivity index (χ1n) is 15.4. The zero-order valence-corrected chi connectivity index (χ0v) is 28.5. The van der Waals surface area contributed by atoms with Gasteiger partial charge >= 0.3 is 6.03 Å². The number of rotatable bonds is 8. The van der Waals surface area contributed by atoms with Crippen molar-refractivity contribution in [1.82, 2.24) is 15.1 Å². The summed E-state index contributed by atoms with van der Waals surface area (Å²) in [5.74, 6) is -0.338. The van der Waals surface area contributed by atoms with Crippen molar-refractivity contribution < 1.29 is 32.6 Å². The number of anilines is 1. The molecule has 11 nitrogen and oxygen atoms in total. The van der Waals surface area contributed by atoms with Crippen molar-refractivity contribution in [3.8, 4) is 5.75 Å². The number of benzene rings is 2. The Balaban J connectivity index is 1.98. The maximum absolute atomic E-state index is 14.3. The van der Waals surface area contributed by atoms with Crippen molar-refractivity contribution >= 4 is 39.2 Å². The van der Waals surface area contributed by atoms with Crippen LogP contribution in [0.5, 0.6) is 5.75 Å². The van der Waals surface area contributed by atoms with Crippen LogP contribution in [0.1, 0.15) is 64.2 Å². The maximum Gasteiger partial charge on any atom is 0.317 e. The van der Waals surface area contributed by atoms with E-state index in [0.717, 1.165) is 12.8 Å². The fourth-order valence-electron chi connectivity index (χ4n) is 4.99. The van der Waals surface area contributed by atoms with E-state index < -0.39 is 22.0 Å². The molecule has 1 heterocycles. The lowest BCUT2D eigenvalue weighted by atomic mass is 10.0. The molecule has 0 radical (unpaired) electrons. The van der Waals surface area contributed by atoms with Crippen molar-refractivity contribution in [1.29, 1.82) is 0 Å². The van der Waals surface area contributed by atoms with E-state index in [-0.39, 0.29) is 59.5 Å². The summed E-state index contributed by atoms with van der Waals surface area (Å²) in [6.45, 7) is 10.1. The number of halogens is 1. The molecule has 3 amide bonds. The summed E-state index contributed by atoms with van der Waals surface area (Å²) in [4.78, 5) is 30.1. The first-order valence-corrected chi connectivity index (χ1v) is 17.2. The van der Waals surface area contributed by atoms with Crippen molar-refractivity contribution in [3.05, 3.63) is 53.1 Å². The number of fused-ring (bicyclic) bond motifs is 1. The number of carbonyl (C=O) groups excluding carboxylic acids is 2. The number of nitrogens with one attached hydrogen (secondary N) is 2. The molecule has 0 spiro atoms. The second-order valence-electron chi connectivity index (χ2n) is 12.1. The molecule has 250 valence electrons. The smallest absolute Gasteiger partial charge is 0.317 e. The predicted molar refractivity (Wildman–Crippen MR) is 175 cm³/mol. The number of aliphatic hydroxyl groups excluding tert-OH is 1. The van der Waals surface area contributed by atoms with Crippen molar-refractivity contribution in [3.63, 3.8) is 0 Å². The molecule has 3 N–H and O–H groups in total. The van der Waals surface area contributed by atoms with Crippen LogP contribution in [0.2, 0.25) is 5.02 Å². The number of amides is 3. The van der Waals surface area contributed by atoms with Gasteiger partial charge in [0.2, 0.25) is 0 Å². The van der Waals surface area contributed by atoms with Crippen molar-refractivity contribution in [2.24, 2.45) is 5.92 Å². The Morgan fingerprint density at radius 2 is 1.82 bits per heavy atom. The van der Waals surface area contributed by atoms with Gasteiger partial charge in [-0.15, -0.1) is 0 Å². The minimum atomic E-state index is -3.98. The molecule has 45 heavy (non-hydrogen) atoms. The molecular weight excluding hydrogens is 620 g/mol. The molecule has 1 aliphatic heterocycles. The van der Waals surface area contributed by atoms with E-state index in [0.29, 0.717) is 30.3 Å². The van der Waals surface area contributed by atoms with Gasteiger partial charge in [-0.25, -0.2) is 13.2 Å². The molecule has 0 saturated heterocycles. The molecule has 1 aliphatic rings. The molecule has 2 aromatic carbocycles. The molecule has 0 bridgehead atoms. The second kappa shape index (κ2) is 16.5. The number of hydrogen-bond acceptors (Lipinski definition) is 7. The Hall–Kier alpha value is -3.06. The number of nitrogens with zero attached hydrogens (tertiary/aromatic N) is 2. The zero-order chi connectivity index (χ0) is 33.3. The summed E-state index contributed by atoms with van der Waals surface area (Å²) in [5, 5.41) is 13.4. The SMILES string of the molecule is CC(C)NC(=O)N(C)C[C@@H]1OCCCC[C@@H](C)Oc2ccc(NS(=O)(=O)c3ccc(Cl)cc3)cc2C(=O)N([C@H](C)CO)C[C@H]1C. The fourth-order valence-corrected chi connectivity index (χ4v) is 6.16. The van der Waals surface area contributed by atoms with Crippen LogP contribution in [0.3, 0.4) is 0 Å². The monoisotopic (exact) mass is 666 g/mol. The van der Waals surface area contributed by atoms with E-state index in [1.54, 1.807) is 35.9 Å². The Morgan fingerprint density at radius 1 is 1.13 bits per heavy atom. The highest BCUT2D eigenvalue weighted by Gasteiger charge is 2.31. The van der Waals surface area contributed by atoms with E-state index in [1.165, 1.54) is 30.3 Å². The number of hydrogen-bond donors (Lipinski definition) is 3. The van der Waals surface area contributed by atoms with E-state index in [4.69, 9.17) is 21.1 Å². The van der Waals surface area contributed by atoms with Crippen LogP contribution < -0.4 is 14.8 Å². The van der Waals surface area contributed by atoms with Gasteiger partial charge in [0.1, 0.15) is 5.75 Å². The minimum Gasteiger partial charge on any atom is -0.490 e. The third kappa shape index (κ3) is 10.5. The van der Waals surface area contributed by atoms with Crippen LogP contribution in [-0.4, -0.2) is 92.9 Å². The molecule has 0 saturated carbocycles. The van der Waals surface area contributed by atoms with Crippen LogP contribution in [0.15, 0.2) is 47.4 Å². The normalized spacial score (nSPS) is 20.9. The summed E-state index contributed by atoms with van der Waals surface area (Å²) < 4.78 is 41.3. The lowest BCUT2D eigenvalue weighted by Gasteiger charge is -2.36. The Morgan fingerprint density at radius 3 is 2.47 bits per heavy atom. The van der Waals surface area contributed by atoms with Crippen LogP contribution >= 0.6 is 11.6 Å². The van der Waals surface area contributed by atoms with Gasteiger partial charge in [0, 0.05) is 49.4 Å². The van der Waals surface area contributed by atoms with Gasteiger partial charge < -0.3 is 29.7 Å². The van der Waals surface area contributed by atoms with Crippen LogP contribution in [0.4, 0.5) is 10.5 Å². The molecular formula is C32H47ClN4O7S. The molecule has 4 atom stereocenters. The highest BCUT2D eigenvalue weighted by Crippen LogP contribution is 2.29. The molecule has 0 aromatic heterocycles. The number of ether oxygens (including phenoxy) is 2. The van der Waals surface area contributed by atoms with E-state index in [2.05, 4.69) is 10.0 Å². The summed E-state index contributed by atoms with van der Waals surface area (Å²) in [7, 11) is -2.27. The zero-order valence-electron chi connectivity index (χ0n) is 27.0. The van der Waals surface area contributed by atoms with Gasteiger partial charge in [-0.1, -0.05) is 18.5 Å². The molecule has 0 aliphatic carbocycles. The first-order chi connectivity index (χ1) is 21.2. The Bertz CT molecular complexity index is 1390. The highest BCUT2D eigenvalue weighted by atomic mass is 35.5. The highest BCUT2D eigenvalue weighted by molar-refractivity contribution is 7.92. The lowest BCUT2D eigenvalue weighted by molar-refractivity contribution is -0.0122. The summed E-state index contributed by atoms with van der Waals surface area (Å²) >= 11 is 5.93. The third-order valence-electron chi connectivity index (χ3n) is 7.64. The number of aliphatic hydroxyl groups is 1. The largest absolute Gasteiger partial charge is 0.490 e. The van der Waals surface area contributed by atoms with Crippen molar-refractivity contribution in [2.75, 3.05) is 38.1 Å². The average molecular weight is 667 g/mol. The maximum atomic E-state index is 14.3. The molecule has 13 heteroatoms. The van der Waals surface area contributed by atoms with Gasteiger partial charge in [0.15, 0.2) is 0 Å². The third-order valence-corrected chi connectivity index (χ3v) is 9.29. The number of likely N-dealkylation sites (N-methyl/N-ethyl adjacent to an activating group) is 1. The van der Waals surface area contributed by atoms with E-state index >= 15 is 0 Å². The van der Waals surface area contributed by atoms with Crippen LogP contribution in [0, 0.1) is 5.92 Å². The molecule has 2 aromatic rings. The van der Waals surface area contributed by atoms with Crippen LogP contribution in [0.25, 0.3) is 0 Å². The Labute approximate surface area is 272 Å². The van der Waals surface area contributed by atoms with E-state index in [9.17, 15) is 23.1 Å². The average Bonchev–Trinajstić information content (AvgIpc) is 2.98. The number of sulfonamides is 1. The molecule has 0 fully saturated rings. The lowest BCUT2D eigenvalue weighted by Crippen LogP contribution is -2.49. The van der Waals surface area contributed by atoms with Gasteiger partial charge in [-0.2, -0.15) is 0 Å². The molecule has 3 rings (SSSR count). The first kappa shape index (κ1) is 36.4. The topological polar surface area (TPSA) is 138 Å². The quantitative estimate of drug-likeness (QED) is 0.361. The molecule has 0 unspecified atom stereocenters. The van der Waals surface area contributed by atoms with E-state index in [1.807, 2.05) is 27.7 Å². The fraction of sp³-hybridized carbons (Fsp3) is 0.562. The minimum absolute atomic E-state index is 0.0191. The van der Waals surface area contributed by atoms with Gasteiger partial charge in [-0.05, 0) is 89.4 Å². The number of carbonyl (C=O) groups is 2. The van der Waals surface area contributed by atoms with Gasteiger partial charge in [0.05, 0.1) is 35.3 Å². The Kier molecular flexibility index (Phi) is 13.3. The number of urea groups is 1. The van der Waals surface area contributed by atoms with Gasteiger partial charge in [0.25, 0.3) is 15.9 Å². The summed E-state index contributed by atoms with van der Waals surface area (Å²) in [6.07, 6.45) is 1.69. The predicted octanol–water partition coefficient (Wildman–Crippen LogP) is 4.99. The van der Waals surface area contributed by atoms with Gasteiger partial charge in [-0.3, -0.25) is 9.52 Å². The van der Waals surface area contributed by atoms with Crippen molar-refractivity contribution in [2.45, 2.75) is 83.1 Å². The summed E-state index contributed by atoms with van der Waals surface area (Å²) in [5.41, 5.74) is 0.340. The van der Waals surface area contributed by atoms with Crippen LogP contribution in [-0.2, 0) is 14.8 Å². The second-order valence-corrected chi connectivity index (χ2v) is 14.2. The standard InChI is InChI=1S/C32H47ClN4O7S/c1-21(2)34-32(40)36(6)19-30-22(3)18-37(23(4)20-38)31(39)28-17-26(35-45(41,42)27-13-10-25(33)11-14-27)12-15-29(28)44-24(5)9-7-8-16-43-30/h10-15,17,21-24,30,35,38H,7-9,16,18-20H2,1-6H3,(H,34,40)/t22-,23-,24-,30+/m1/s1.